The second kappa shape index (κ2) is 5.15. The van der Waals surface area contributed by atoms with Crippen molar-refractivity contribution < 1.29 is 9.53 Å². The van der Waals surface area contributed by atoms with Gasteiger partial charge in [-0.1, -0.05) is 0 Å². The molecule has 1 aliphatic rings. The second-order valence-electron chi connectivity index (χ2n) is 4.63. The van der Waals surface area contributed by atoms with Gasteiger partial charge in [0.05, 0.1) is 11.2 Å². The lowest BCUT2D eigenvalue weighted by Gasteiger charge is -2.23. The maximum absolute atomic E-state index is 11.8. The highest BCUT2D eigenvalue weighted by molar-refractivity contribution is 5.92. The molecule has 0 aromatic carbocycles. The third-order valence-corrected chi connectivity index (χ3v) is 3.05. The van der Waals surface area contributed by atoms with Gasteiger partial charge in [0.1, 0.15) is 11.8 Å². The summed E-state index contributed by atoms with van der Waals surface area (Å²) in [7, 11) is 0. The number of carbonyl (C=O) groups excluding carboxylic acids is 1. The number of pyridine rings is 1. The largest absolute Gasteiger partial charge is 0.373 e. The fraction of sp³-hybridized carbons (Fsp3) is 0.462. The van der Waals surface area contributed by atoms with Crippen LogP contribution in [0.4, 0.5) is 0 Å². The topological polar surface area (TPSA) is 75.0 Å². The van der Waals surface area contributed by atoms with Crippen LogP contribution < -0.4 is 5.32 Å². The van der Waals surface area contributed by atoms with Gasteiger partial charge < -0.3 is 10.1 Å². The molecule has 5 heteroatoms. The van der Waals surface area contributed by atoms with Crippen LogP contribution in [0.25, 0.3) is 0 Å². The summed E-state index contributed by atoms with van der Waals surface area (Å²) in [6, 6.07) is 5.09. The summed E-state index contributed by atoms with van der Waals surface area (Å²) in [4.78, 5) is 15.8. The predicted octanol–water partition coefficient (Wildman–Crippen LogP) is 1.25. The normalized spacial score (nSPS) is 22.4. The quantitative estimate of drug-likeness (QED) is 0.869. The predicted molar refractivity (Wildman–Crippen MR) is 64.9 cm³/mol. The maximum Gasteiger partial charge on any atom is 0.269 e. The molecule has 0 saturated carbocycles. The molecule has 1 N–H and O–H groups in total. The van der Waals surface area contributed by atoms with E-state index in [9.17, 15) is 4.79 Å². The lowest BCUT2D eigenvalue weighted by Crippen LogP contribution is -2.40. The van der Waals surface area contributed by atoms with Gasteiger partial charge in [-0.25, -0.2) is 4.98 Å². The van der Waals surface area contributed by atoms with Crippen molar-refractivity contribution in [1.82, 2.24) is 10.3 Å². The van der Waals surface area contributed by atoms with E-state index in [-0.39, 0.29) is 11.5 Å². The number of nitriles is 1. The van der Waals surface area contributed by atoms with E-state index in [0.717, 1.165) is 19.4 Å². The number of rotatable bonds is 3. The zero-order chi connectivity index (χ0) is 13.0. The summed E-state index contributed by atoms with van der Waals surface area (Å²) < 4.78 is 5.59. The Morgan fingerprint density at radius 2 is 2.50 bits per heavy atom. The Hall–Kier alpha value is -1.93. The van der Waals surface area contributed by atoms with E-state index in [0.29, 0.717) is 17.8 Å². The Labute approximate surface area is 106 Å². The molecule has 1 aliphatic heterocycles. The highest BCUT2D eigenvalue weighted by atomic mass is 16.5. The van der Waals surface area contributed by atoms with Crippen molar-refractivity contribution in [3.05, 3.63) is 29.6 Å². The molecule has 1 aromatic rings. The monoisotopic (exact) mass is 245 g/mol. The number of amides is 1. The molecule has 1 saturated heterocycles. The van der Waals surface area contributed by atoms with Gasteiger partial charge in [-0.15, -0.1) is 0 Å². The SMILES string of the molecule is CC1(CNC(=O)c2ccc(C#N)cn2)CCCO1. The summed E-state index contributed by atoms with van der Waals surface area (Å²) >= 11 is 0. The minimum atomic E-state index is -0.262. The number of ether oxygens (including phenoxy) is 1. The summed E-state index contributed by atoms with van der Waals surface area (Å²) in [5.74, 6) is -0.240. The first-order valence-corrected chi connectivity index (χ1v) is 5.91. The van der Waals surface area contributed by atoms with E-state index in [1.54, 1.807) is 12.1 Å². The first-order valence-electron chi connectivity index (χ1n) is 5.91. The van der Waals surface area contributed by atoms with E-state index in [2.05, 4.69) is 10.3 Å². The highest BCUT2D eigenvalue weighted by Crippen LogP contribution is 2.23. The van der Waals surface area contributed by atoms with Crippen molar-refractivity contribution in [1.29, 1.82) is 5.26 Å². The molecule has 1 fully saturated rings. The minimum absolute atomic E-state index is 0.240. The molecule has 1 atom stereocenters. The van der Waals surface area contributed by atoms with Gasteiger partial charge in [-0.3, -0.25) is 4.79 Å². The number of nitrogens with zero attached hydrogens (tertiary/aromatic N) is 2. The Kier molecular flexibility index (Phi) is 3.58. The van der Waals surface area contributed by atoms with Gasteiger partial charge >= 0.3 is 0 Å². The molecule has 0 radical (unpaired) electrons. The van der Waals surface area contributed by atoms with E-state index in [4.69, 9.17) is 10.00 Å². The molecule has 18 heavy (non-hydrogen) atoms. The molecule has 0 aliphatic carbocycles. The Morgan fingerprint density at radius 3 is 3.06 bits per heavy atom. The van der Waals surface area contributed by atoms with Crippen molar-refractivity contribution in [3.8, 4) is 6.07 Å². The van der Waals surface area contributed by atoms with Crippen LogP contribution in [-0.4, -0.2) is 29.6 Å². The van der Waals surface area contributed by atoms with Gasteiger partial charge in [0.25, 0.3) is 5.91 Å². The van der Waals surface area contributed by atoms with Crippen LogP contribution in [0.1, 0.15) is 35.8 Å². The molecular formula is C13H15N3O2. The zero-order valence-electron chi connectivity index (χ0n) is 10.3. The first-order chi connectivity index (χ1) is 8.63. The fourth-order valence-electron chi connectivity index (χ4n) is 1.93. The summed E-state index contributed by atoms with van der Waals surface area (Å²) in [6.07, 6.45) is 3.37. The van der Waals surface area contributed by atoms with Crippen LogP contribution in [0.2, 0.25) is 0 Å². The molecule has 94 valence electrons. The van der Waals surface area contributed by atoms with Crippen LogP contribution in [-0.2, 0) is 4.74 Å². The fourth-order valence-corrected chi connectivity index (χ4v) is 1.93. The van der Waals surface area contributed by atoms with E-state index >= 15 is 0 Å². The number of hydrogen-bond acceptors (Lipinski definition) is 4. The molecule has 0 spiro atoms. The summed E-state index contributed by atoms with van der Waals surface area (Å²) in [5.41, 5.74) is 0.496. The smallest absolute Gasteiger partial charge is 0.269 e. The average molecular weight is 245 g/mol. The van der Waals surface area contributed by atoms with E-state index < -0.39 is 0 Å². The van der Waals surface area contributed by atoms with Gasteiger partial charge in [-0.05, 0) is 31.9 Å². The zero-order valence-corrected chi connectivity index (χ0v) is 10.3. The Balaban J connectivity index is 1.93. The van der Waals surface area contributed by atoms with Crippen LogP contribution in [0.15, 0.2) is 18.3 Å². The minimum Gasteiger partial charge on any atom is -0.373 e. The number of aromatic nitrogens is 1. The van der Waals surface area contributed by atoms with Crippen LogP contribution >= 0.6 is 0 Å². The van der Waals surface area contributed by atoms with Crippen molar-refractivity contribution >= 4 is 5.91 Å². The molecule has 1 amide bonds. The van der Waals surface area contributed by atoms with Crippen LogP contribution in [0.5, 0.6) is 0 Å². The first kappa shape index (κ1) is 12.5. The molecule has 1 aromatic heterocycles. The molecule has 5 nitrogen and oxygen atoms in total. The van der Waals surface area contributed by atoms with Crippen molar-refractivity contribution in [2.75, 3.05) is 13.2 Å². The average Bonchev–Trinajstić information content (AvgIpc) is 2.83. The van der Waals surface area contributed by atoms with Gasteiger partial charge in [0.2, 0.25) is 0 Å². The molecule has 2 rings (SSSR count). The van der Waals surface area contributed by atoms with E-state index in [1.165, 1.54) is 6.20 Å². The lowest BCUT2D eigenvalue weighted by atomic mass is 10.0. The van der Waals surface area contributed by atoms with Crippen molar-refractivity contribution in [2.45, 2.75) is 25.4 Å². The van der Waals surface area contributed by atoms with Gasteiger partial charge in [-0.2, -0.15) is 5.26 Å². The van der Waals surface area contributed by atoms with E-state index in [1.807, 2.05) is 13.0 Å². The molecular weight excluding hydrogens is 230 g/mol. The highest BCUT2D eigenvalue weighted by Gasteiger charge is 2.30. The Morgan fingerprint density at radius 1 is 1.67 bits per heavy atom. The number of nitrogens with one attached hydrogen (secondary N) is 1. The van der Waals surface area contributed by atoms with Gasteiger partial charge in [0, 0.05) is 19.3 Å². The maximum atomic E-state index is 11.8. The van der Waals surface area contributed by atoms with Crippen molar-refractivity contribution in [2.24, 2.45) is 0 Å². The molecule has 2 heterocycles. The number of hydrogen-bond donors (Lipinski definition) is 1. The summed E-state index contributed by atoms with van der Waals surface area (Å²) in [5, 5.41) is 11.5. The molecule has 1 unspecified atom stereocenters. The van der Waals surface area contributed by atoms with Crippen molar-refractivity contribution in [3.63, 3.8) is 0 Å². The summed E-state index contributed by atoms with van der Waals surface area (Å²) in [6.45, 7) is 3.22. The van der Waals surface area contributed by atoms with Crippen LogP contribution in [0, 0.1) is 11.3 Å². The number of carbonyl (C=O) groups is 1. The Bertz CT molecular complexity index is 470. The molecule has 0 bridgehead atoms. The third-order valence-electron chi connectivity index (χ3n) is 3.05. The second-order valence-corrected chi connectivity index (χ2v) is 4.63. The standard InChI is InChI=1S/C13H15N3O2/c1-13(5-2-6-18-13)9-16-12(17)11-4-3-10(7-14)8-15-11/h3-4,8H,2,5-6,9H2,1H3,(H,16,17). The van der Waals surface area contributed by atoms with Gasteiger partial charge in [0.15, 0.2) is 0 Å². The van der Waals surface area contributed by atoms with Crippen LogP contribution in [0.3, 0.4) is 0 Å². The lowest BCUT2D eigenvalue weighted by molar-refractivity contribution is 0.0205. The third kappa shape index (κ3) is 2.84.